The van der Waals surface area contributed by atoms with Crippen molar-refractivity contribution in [3.8, 4) is 0 Å². The van der Waals surface area contributed by atoms with Gasteiger partial charge in [0.05, 0.1) is 0 Å². The van der Waals surface area contributed by atoms with E-state index in [-0.39, 0.29) is 11.7 Å². The average Bonchev–Trinajstić information content (AvgIpc) is 2.80. The highest BCUT2D eigenvalue weighted by Crippen LogP contribution is 2.26. The molecule has 0 spiro atoms. The Bertz CT molecular complexity index is 422. The lowest BCUT2D eigenvalue weighted by atomic mass is 9.99. The molecular formula is C13H17FN2O2. The molecule has 98 valence electrons. The Morgan fingerprint density at radius 1 is 1.50 bits per heavy atom. The van der Waals surface area contributed by atoms with E-state index in [1.807, 2.05) is 0 Å². The number of likely N-dealkylation sites (N-methyl/N-ethyl adjacent to an activating group) is 1. The van der Waals surface area contributed by atoms with Crippen LogP contribution >= 0.6 is 0 Å². The van der Waals surface area contributed by atoms with E-state index in [4.69, 9.17) is 5.11 Å². The molecule has 0 aliphatic carbocycles. The molecule has 1 fully saturated rings. The van der Waals surface area contributed by atoms with Crippen LogP contribution in [0.3, 0.4) is 0 Å². The third kappa shape index (κ3) is 2.61. The minimum absolute atomic E-state index is 0.0811. The molecule has 1 aliphatic heterocycles. The normalized spacial score (nSPS) is 21.0. The Labute approximate surface area is 105 Å². The van der Waals surface area contributed by atoms with E-state index in [2.05, 4.69) is 10.2 Å². The van der Waals surface area contributed by atoms with Crippen LogP contribution in [0.1, 0.15) is 6.42 Å². The molecule has 2 rings (SSSR count). The van der Waals surface area contributed by atoms with Gasteiger partial charge in [-0.25, -0.2) is 4.39 Å². The predicted octanol–water partition coefficient (Wildman–Crippen LogP) is 1.32. The number of nitrogens with one attached hydrogen (secondary N) is 1. The maximum absolute atomic E-state index is 12.8. The Hall–Kier alpha value is -1.62. The monoisotopic (exact) mass is 252 g/mol. The third-order valence-corrected chi connectivity index (χ3v) is 3.46. The summed E-state index contributed by atoms with van der Waals surface area (Å²) in [5.74, 6) is -0.992. The molecule has 0 saturated carbocycles. The number of hydrogen-bond donors (Lipinski definition) is 2. The number of aliphatic carboxylic acids is 1. The Balaban J connectivity index is 2.04. The zero-order valence-corrected chi connectivity index (χ0v) is 10.3. The van der Waals surface area contributed by atoms with Gasteiger partial charge in [0, 0.05) is 24.7 Å². The summed E-state index contributed by atoms with van der Waals surface area (Å²) in [5, 5.41) is 11.9. The van der Waals surface area contributed by atoms with Crippen LogP contribution < -0.4 is 10.2 Å². The molecule has 4 nitrogen and oxygen atoms in total. The van der Waals surface area contributed by atoms with Crippen LogP contribution in [0.2, 0.25) is 0 Å². The van der Waals surface area contributed by atoms with E-state index in [0.29, 0.717) is 6.54 Å². The number of hydrogen-bond acceptors (Lipinski definition) is 3. The summed E-state index contributed by atoms with van der Waals surface area (Å²) < 4.78 is 12.8. The fraction of sp³-hybridized carbons (Fsp3) is 0.462. The molecule has 18 heavy (non-hydrogen) atoms. The summed E-state index contributed by atoms with van der Waals surface area (Å²) in [4.78, 5) is 13.2. The molecule has 2 unspecified atom stereocenters. The molecule has 1 saturated heterocycles. The van der Waals surface area contributed by atoms with Gasteiger partial charge in [-0.1, -0.05) is 0 Å². The molecule has 0 bridgehead atoms. The van der Waals surface area contributed by atoms with Gasteiger partial charge in [0.15, 0.2) is 0 Å². The molecule has 1 aromatic carbocycles. The molecule has 1 aliphatic rings. The van der Waals surface area contributed by atoms with Gasteiger partial charge in [0.25, 0.3) is 0 Å². The first-order chi connectivity index (χ1) is 8.61. The molecule has 2 atom stereocenters. The van der Waals surface area contributed by atoms with Crippen molar-refractivity contribution in [1.29, 1.82) is 0 Å². The van der Waals surface area contributed by atoms with Crippen molar-refractivity contribution >= 4 is 11.7 Å². The number of anilines is 1. The van der Waals surface area contributed by atoms with Gasteiger partial charge in [0.1, 0.15) is 11.9 Å². The summed E-state index contributed by atoms with van der Waals surface area (Å²) in [6, 6.07) is 5.79. The lowest BCUT2D eigenvalue weighted by molar-refractivity contribution is -0.140. The molecule has 5 heteroatoms. The van der Waals surface area contributed by atoms with Gasteiger partial charge in [-0.2, -0.15) is 0 Å². The van der Waals surface area contributed by atoms with Crippen LogP contribution in [0, 0.1) is 11.7 Å². The van der Waals surface area contributed by atoms with Crippen LogP contribution in [-0.4, -0.2) is 37.3 Å². The van der Waals surface area contributed by atoms with Gasteiger partial charge in [-0.05, 0) is 37.7 Å². The van der Waals surface area contributed by atoms with Crippen LogP contribution in [0.4, 0.5) is 10.1 Å². The quantitative estimate of drug-likeness (QED) is 0.848. The number of carboxylic acid groups (broad SMARTS) is 1. The smallest absolute Gasteiger partial charge is 0.321 e. The van der Waals surface area contributed by atoms with E-state index in [9.17, 15) is 9.18 Å². The van der Waals surface area contributed by atoms with Crippen molar-refractivity contribution in [2.24, 2.45) is 5.92 Å². The minimum Gasteiger partial charge on any atom is -0.480 e. The van der Waals surface area contributed by atoms with E-state index >= 15 is 0 Å². The van der Waals surface area contributed by atoms with Crippen LogP contribution in [0.25, 0.3) is 0 Å². The summed E-state index contributed by atoms with van der Waals surface area (Å²) >= 11 is 0. The highest BCUT2D eigenvalue weighted by Gasteiger charge is 2.32. The summed E-state index contributed by atoms with van der Waals surface area (Å²) in [5.41, 5.74) is 0.944. The van der Waals surface area contributed by atoms with Crippen LogP contribution in [-0.2, 0) is 4.79 Å². The number of rotatable bonds is 4. The van der Waals surface area contributed by atoms with Gasteiger partial charge in [-0.15, -0.1) is 0 Å². The number of halogens is 1. The third-order valence-electron chi connectivity index (χ3n) is 3.46. The molecule has 1 aromatic rings. The molecule has 0 aromatic heterocycles. The van der Waals surface area contributed by atoms with E-state index in [1.165, 1.54) is 12.1 Å². The zero-order valence-electron chi connectivity index (χ0n) is 10.3. The number of carbonyl (C=O) groups is 1. The van der Waals surface area contributed by atoms with Crippen molar-refractivity contribution in [3.05, 3.63) is 30.1 Å². The standard InChI is InChI=1S/C13H17FN2O2/c1-15-12(13(17)18)9-6-7-16(8-9)11-4-2-10(14)3-5-11/h2-5,9,12,15H,6-8H2,1H3,(H,17,18). The maximum atomic E-state index is 12.8. The van der Waals surface area contributed by atoms with Gasteiger partial charge < -0.3 is 15.3 Å². The lowest BCUT2D eigenvalue weighted by Crippen LogP contribution is -2.41. The molecule has 0 radical (unpaired) electrons. The van der Waals surface area contributed by atoms with Crippen molar-refractivity contribution in [3.63, 3.8) is 0 Å². The highest BCUT2D eigenvalue weighted by molar-refractivity contribution is 5.74. The first-order valence-electron chi connectivity index (χ1n) is 6.02. The SMILES string of the molecule is CNC(C(=O)O)C1CCN(c2ccc(F)cc2)C1. The minimum atomic E-state index is -0.816. The topological polar surface area (TPSA) is 52.6 Å². The van der Waals surface area contributed by atoms with Crippen LogP contribution in [0.15, 0.2) is 24.3 Å². The van der Waals surface area contributed by atoms with E-state index in [1.54, 1.807) is 19.2 Å². The average molecular weight is 252 g/mol. The molecular weight excluding hydrogens is 235 g/mol. The van der Waals surface area contributed by atoms with Crippen molar-refractivity contribution < 1.29 is 14.3 Å². The summed E-state index contributed by atoms with van der Waals surface area (Å²) in [6.07, 6.45) is 0.829. The zero-order chi connectivity index (χ0) is 13.1. The van der Waals surface area contributed by atoms with Gasteiger partial charge in [-0.3, -0.25) is 4.79 Å². The predicted molar refractivity (Wildman–Crippen MR) is 67.2 cm³/mol. The number of carboxylic acids is 1. The largest absolute Gasteiger partial charge is 0.480 e. The Morgan fingerprint density at radius 2 is 2.17 bits per heavy atom. The Morgan fingerprint density at radius 3 is 2.72 bits per heavy atom. The first-order valence-corrected chi connectivity index (χ1v) is 6.02. The summed E-state index contributed by atoms with van der Waals surface area (Å²) in [7, 11) is 1.67. The molecule has 0 amide bonds. The van der Waals surface area contributed by atoms with E-state index in [0.717, 1.165) is 18.7 Å². The van der Waals surface area contributed by atoms with Crippen molar-refractivity contribution in [2.75, 3.05) is 25.0 Å². The van der Waals surface area contributed by atoms with Crippen molar-refractivity contribution in [2.45, 2.75) is 12.5 Å². The molecule has 1 heterocycles. The maximum Gasteiger partial charge on any atom is 0.321 e. The molecule has 2 N–H and O–H groups in total. The highest BCUT2D eigenvalue weighted by atomic mass is 19.1. The Kier molecular flexibility index (Phi) is 3.81. The second-order valence-electron chi connectivity index (χ2n) is 4.58. The van der Waals surface area contributed by atoms with E-state index < -0.39 is 12.0 Å². The fourth-order valence-electron chi connectivity index (χ4n) is 2.51. The second kappa shape index (κ2) is 5.35. The number of nitrogens with zero attached hydrogens (tertiary/aromatic N) is 1. The number of benzene rings is 1. The second-order valence-corrected chi connectivity index (χ2v) is 4.58. The summed E-state index contributed by atoms with van der Waals surface area (Å²) in [6.45, 7) is 1.49. The fourth-order valence-corrected chi connectivity index (χ4v) is 2.51. The van der Waals surface area contributed by atoms with Crippen LogP contribution in [0.5, 0.6) is 0 Å². The first kappa shape index (κ1) is 12.8. The lowest BCUT2D eigenvalue weighted by Gasteiger charge is -2.21. The van der Waals surface area contributed by atoms with Gasteiger partial charge in [0.2, 0.25) is 0 Å². The van der Waals surface area contributed by atoms with Gasteiger partial charge >= 0.3 is 5.97 Å². The van der Waals surface area contributed by atoms with Crippen molar-refractivity contribution in [1.82, 2.24) is 5.32 Å².